The third-order valence-corrected chi connectivity index (χ3v) is 3.36. The Morgan fingerprint density at radius 3 is 2.67 bits per heavy atom. The number of nitrogens with one attached hydrogen (secondary N) is 1. The lowest BCUT2D eigenvalue weighted by atomic mass is 9.80. The molecule has 1 aromatic carbocycles. The predicted molar refractivity (Wildman–Crippen MR) is 66.8 cm³/mol. The summed E-state index contributed by atoms with van der Waals surface area (Å²) in [5.74, 6) is 1.50. The molecule has 3 rings (SSSR count). The van der Waals surface area contributed by atoms with Crippen molar-refractivity contribution in [3.05, 3.63) is 18.2 Å². The van der Waals surface area contributed by atoms with E-state index in [1.165, 1.54) is 0 Å². The first-order chi connectivity index (χ1) is 8.72. The van der Waals surface area contributed by atoms with Gasteiger partial charge in [0.1, 0.15) is 13.2 Å². The van der Waals surface area contributed by atoms with Crippen LogP contribution in [0.4, 0.5) is 5.69 Å². The van der Waals surface area contributed by atoms with Crippen molar-refractivity contribution in [2.24, 2.45) is 11.7 Å². The van der Waals surface area contributed by atoms with E-state index >= 15 is 0 Å². The Morgan fingerprint density at radius 2 is 1.94 bits per heavy atom. The quantitative estimate of drug-likeness (QED) is 0.823. The van der Waals surface area contributed by atoms with E-state index in [1.54, 1.807) is 6.07 Å². The highest BCUT2D eigenvalue weighted by Gasteiger charge is 2.32. The first kappa shape index (κ1) is 11.3. The Bertz CT molecular complexity index is 469. The molecule has 0 bridgehead atoms. The Labute approximate surface area is 105 Å². The summed E-state index contributed by atoms with van der Waals surface area (Å²) in [5.41, 5.74) is 6.42. The fourth-order valence-electron chi connectivity index (χ4n) is 2.24. The zero-order valence-electron chi connectivity index (χ0n) is 10.0. The molecule has 1 aliphatic carbocycles. The minimum absolute atomic E-state index is 0.0355. The van der Waals surface area contributed by atoms with E-state index in [1.807, 2.05) is 12.1 Å². The summed E-state index contributed by atoms with van der Waals surface area (Å²) in [4.78, 5) is 11.9. The number of ether oxygens (including phenoxy) is 2. The van der Waals surface area contributed by atoms with Crippen LogP contribution in [0.25, 0.3) is 0 Å². The van der Waals surface area contributed by atoms with Gasteiger partial charge in [-0.2, -0.15) is 0 Å². The summed E-state index contributed by atoms with van der Waals surface area (Å²) in [7, 11) is 0. The van der Waals surface area contributed by atoms with Crippen molar-refractivity contribution in [1.82, 2.24) is 0 Å². The number of carbonyl (C=O) groups is 1. The molecule has 5 nitrogen and oxygen atoms in total. The molecule has 2 aliphatic rings. The molecule has 0 spiro atoms. The van der Waals surface area contributed by atoms with Gasteiger partial charge in [-0.25, -0.2) is 0 Å². The number of hydrogen-bond donors (Lipinski definition) is 2. The zero-order chi connectivity index (χ0) is 12.5. The first-order valence-corrected chi connectivity index (χ1v) is 6.18. The molecule has 1 aromatic rings. The van der Waals surface area contributed by atoms with Gasteiger partial charge in [-0.05, 0) is 25.0 Å². The Morgan fingerprint density at radius 1 is 1.22 bits per heavy atom. The van der Waals surface area contributed by atoms with Gasteiger partial charge in [0.25, 0.3) is 0 Å². The average Bonchev–Trinajstić information content (AvgIpc) is 2.35. The van der Waals surface area contributed by atoms with Crippen LogP contribution < -0.4 is 20.5 Å². The van der Waals surface area contributed by atoms with Crippen molar-refractivity contribution in [1.29, 1.82) is 0 Å². The number of anilines is 1. The van der Waals surface area contributed by atoms with Crippen LogP contribution in [0, 0.1) is 5.92 Å². The van der Waals surface area contributed by atoms with Gasteiger partial charge in [0.05, 0.1) is 0 Å². The first-order valence-electron chi connectivity index (χ1n) is 6.18. The third-order valence-electron chi connectivity index (χ3n) is 3.36. The Kier molecular flexibility index (Phi) is 2.83. The van der Waals surface area contributed by atoms with Gasteiger partial charge in [-0.3, -0.25) is 4.79 Å². The van der Waals surface area contributed by atoms with Gasteiger partial charge in [-0.1, -0.05) is 0 Å². The fraction of sp³-hybridized carbons (Fsp3) is 0.462. The minimum atomic E-state index is 0.0355. The van der Waals surface area contributed by atoms with E-state index in [-0.39, 0.29) is 17.9 Å². The summed E-state index contributed by atoms with van der Waals surface area (Å²) in [5, 5.41) is 2.88. The largest absolute Gasteiger partial charge is 0.486 e. The number of benzene rings is 1. The van der Waals surface area contributed by atoms with Gasteiger partial charge in [0, 0.05) is 23.7 Å². The van der Waals surface area contributed by atoms with Crippen molar-refractivity contribution in [3.63, 3.8) is 0 Å². The molecule has 0 unspecified atom stereocenters. The van der Waals surface area contributed by atoms with Crippen LogP contribution in [0.5, 0.6) is 11.5 Å². The second-order valence-electron chi connectivity index (χ2n) is 4.78. The maximum atomic E-state index is 11.9. The van der Waals surface area contributed by atoms with E-state index in [0.717, 1.165) is 24.3 Å². The molecular weight excluding hydrogens is 232 g/mol. The van der Waals surface area contributed by atoms with Gasteiger partial charge < -0.3 is 20.5 Å². The van der Waals surface area contributed by atoms with Gasteiger partial charge in [0.15, 0.2) is 11.5 Å². The van der Waals surface area contributed by atoms with E-state index in [0.29, 0.717) is 19.0 Å². The monoisotopic (exact) mass is 248 g/mol. The lowest BCUT2D eigenvalue weighted by Gasteiger charge is -2.31. The molecule has 18 heavy (non-hydrogen) atoms. The van der Waals surface area contributed by atoms with E-state index < -0.39 is 0 Å². The second kappa shape index (κ2) is 4.49. The van der Waals surface area contributed by atoms with Crippen LogP contribution in [-0.4, -0.2) is 25.2 Å². The van der Waals surface area contributed by atoms with Gasteiger partial charge >= 0.3 is 0 Å². The van der Waals surface area contributed by atoms with E-state index in [2.05, 4.69) is 5.32 Å². The molecule has 5 heteroatoms. The molecule has 3 N–H and O–H groups in total. The molecule has 0 aromatic heterocycles. The molecule has 1 saturated carbocycles. The summed E-state index contributed by atoms with van der Waals surface area (Å²) in [6.45, 7) is 1.11. The molecule has 1 aliphatic heterocycles. The highest BCUT2D eigenvalue weighted by atomic mass is 16.6. The summed E-state index contributed by atoms with van der Waals surface area (Å²) >= 11 is 0. The summed E-state index contributed by atoms with van der Waals surface area (Å²) in [6, 6.07) is 5.62. The number of fused-ring (bicyclic) bond motifs is 1. The maximum absolute atomic E-state index is 11.9. The third kappa shape index (κ3) is 2.13. The smallest absolute Gasteiger partial charge is 0.227 e. The van der Waals surface area contributed by atoms with E-state index in [4.69, 9.17) is 15.2 Å². The minimum Gasteiger partial charge on any atom is -0.486 e. The Hall–Kier alpha value is -1.75. The van der Waals surface area contributed by atoms with Crippen LogP contribution in [0.2, 0.25) is 0 Å². The predicted octanol–water partition coefficient (Wildman–Crippen LogP) is 1.13. The van der Waals surface area contributed by atoms with Crippen molar-refractivity contribution in [2.45, 2.75) is 18.9 Å². The number of hydrogen-bond acceptors (Lipinski definition) is 4. The lowest BCUT2D eigenvalue weighted by Crippen LogP contribution is -2.42. The molecule has 1 fully saturated rings. The number of rotatable bonds is 2. The highest BCUT2D eigenvalue weighted by molar-refractivity contribution is 5.93. The fourth-order valence-corrected chi connectivity index (χ4v) is 2.24. The summed E-state index contributed by atoms with van der Waals surface area (Å²) in [6.07, 6.45) is 1.55. The number of carbonyl (C=O) groups excluding carboxylic acids is 1. The SMILES string of the molecule is NC1CC(C(=O)Nc2ccc3c(c2)OCCO3)C1. The normalized spacial score (nSPS) is 25.2. The van der Waals surface area contributed by atoms with Crippen molar-refractivity contribution < 1.29 is 14.3 Å². The van der Waals surface area contributed by atoms with Crippen LogP contribution >= 0.6 is 0 Å². The molecular formula is C13H16N2O3. The number of nitrogens with two attached hydrogens (primary N) is 1. The lowest BCUT2D eigenvalue weighted by molar-refractivity contribution is -0.122. The van der Waals surface area contributed by atoms with Crippen molar-refractivity contribution in [3.8, 4) is 11.5 Å². The highest BCUT2D eigenvalue weighted by Crippen LogP contribution is 2.33. The number of amides is 1. The molecule has 0 radical (unpaired) electrons. The Balaban J connectivity index is 1.67. The second-order valence-corrected chi connectivity index (χ2v) is 4.78. The van der Waals surface area contributed by atoms with Crippen LogP contribution in [-0.2, 0) is 4.79 Å². The zero-order valence-corrected chi connectivity index (χ0v) is 10.0. The molecule has 0 saturated heterocycles. The van der Waals surface area contributed by atoms with Crippen LogP contribution in [0.15, 0.2) is 18.2 Å². The molecule has 1 heterocycles. The standard InChI is InChI=1S/C13H16N2O3/c14-9-5-8(6-9)13(16)15-10-1-2-11-12(7-10)18-4-3-17-11/h1-2,7-9H,3-6,14H2,(H,15,16). The van der Waals surface area contributed by atoms with Crippen molar-refractivity contribution >= 4 is 11.6 Å². The van der Waals surface area contributed by atoms with Crippen LogP contribution in [0.3, 0.4) is 0 Å². The summed E-state index contributed by atoms with van der Waals surface area (Å²) < 4.78 is 10.9. The van der Waals surface area contributed by atoms with Gasteiger partial charge in [-0.15, -0.1) is 0 Å². The van der Waals surface area contributed by atoms with Crippen molar-refractivity contribution in [2.75, 3.05) is 18.5 Å². The molecule has 0 atom stereocenters. The topological polar surface area (TPSA) is 73.6 Å². The van der Waals surface area contributed by atoms with E-state index in [9.17, 15) is 4.79 Å². The molecule has 1 amide bonds. The average molecular weight is 248 g/mol. The molecule has 96 valence electrons. The van der Waals surface area contributed by atoms with Gasteiger partial charge in [0.2, 0.25) is 5.91 Å². The maximum Gasteiger partial charge on any atom is 0.227 e. The van der Waals surface area contributed by atoms with Crippen LogP contribution in [0.1, 0.15) is 12.8 Å².